The Bertz CT molecular complexity index is 904. The third kappa shape index (κ3) is 42.6. The summed E-state index contributed by atoms with van der Waals surface area (Å²) in [6.07, 6.45) is 57.5. The summed E-state index contributed by atoms with van der Waals surface area (Å²) in [5.74, 6) is -0.603. The molecule has 1 N–H and O–H groups in total. The summed E-state index contributed by atoms with van der Waals surface area (Å²) >= 11 is 0. The highest BCUT2D eigenvalue weighted by molar-refractivity contribution is 5.70. The van der Waals surface area contributed by atoms with Gasteiger partial charge in [-0.3, -0.25) is 9.59 Å². The normalized spacial score (nSPS) is 12.6. The van der Waals surface area contributed by atoms with Gasteiger partial charge in [0.05, 0.1) is 6.61 Å². The second-order valence-electron chi connectivity index (χ2n) is 15.5. The summed E-state index contributed by atoms with van der Waals surface area (Å²) < 4.78 is 10.6. The molecule has 54 heavy (non-hydrogen) atoms. The van der Waals surface area contributed by atoms with Crippen LogP contribution in [-0.4, -0.2) is 36.4 Å². The van der Waals surface area contributed by atoms with Crippen molar-refractivity contribution in [2.24, 2.45) is 0 Å². The van der Waals surface area contributed by atoms with Crippen molar-refractivity contribution in [1.29, 1.82) is 0 Å². The minimum absolute atomic E-state index is 0.0720. The van der Waals surface area contributed by atoms with Gasteiger partial charge in [0.1, 0.15) is 6.61 Å². The van der Waals surface area contributed by atoms with Gasteiger partial charge in [-0.05, 0) is 77.0 Å². The molecule has 0 bridgehead atoms. The van der Waals surface area contributed by atoms with E-state index in [9.17, 15) is 14.7 Å². The van der Waals surface area contributed by atoms with Gasteiger partial charge in [0.2, 0.25) is 0 Å². The number of esters is 2. The molecule has 0 spiro atoms. The Morgan fingerprint density at radius 1 is 0.426 bits per heavy atom. The van der Waals surface area contributed by atoms with Gasteiger partial charge in [-0.1, -0.05) is 191 Å². The van der Waals surface area contributed by atoms with E-state index in [-0.39, 0.29) is 25.2 Å². The summed E-state index contributed by atoms with van der Waals surface area (Å²) in [5.41, 5.74) is 0. The molecule has 0 aliphatic rings. The summed E-state index contributed by atoms with van der Waals surface area (Å²) in [4.78, 5) is 24.4. The van der Waals surface area contributed by atoms with Crippen molar-refractivity contribution in [2.45, 2.75) is 238 Å². The van der Waals surface area contributed by atoms with E-state index < -0.39 is 6.10 Å². The Labute approximate surface area is 335 Å². The summed E-state index contributed by atoms with van der Waals surface area (Å²) in [7, 11) is 0. The minimum atomic E-state index is -0.780. The van der Waals surface area contributed by atoms with E-state index in [1.54, 1.807) is 0 Å². The van der Waals surface area contributed by atoms with Crippen molar-refractivity contribution in [3.05, 3.63) is 48.6 Å². The maximum absolute atomic E-state index is 12.2. The molecule has 1 atom stereocenters. The molecule has 1 unspecified atom stereocenters. The van der Waals surface area contributed by atoms with Crippen LogP contribution in [0.25, 0.3) is 0 Å². The predicted octanol–water partition coefficient (Wildman–Crippen LogP) is 15.0. The van der Waals surface area contributed by atoms with Crippen LogP contribution in [0, 0.1) is 0 Å². The molecule has 0 fully saturated rings. The first-order chi connectivity index (χ1) is 26.6. The smallest absolute Gasteiger partial charge is 0.306 e. The van der Waals surface area contributed by atoms with Crippen molar-refractivity contribution < 1.29 is 24.2 Å². The molecule has 0 rings (SSSR count). The fourth-order valence-electron chi connectivity index (χ4n) is 6.56. The zero-order valence-corrected chi connectivity index (χ0v) is 35.7. The van der Waals surface area contributed by atoms with Crippen molar-refractivity contribution in [3.63, 3.8) is 0 Å². The fraction of sp³-hybridized carbons (Fsp3) is 0.796. The van der Waals surface area contributed by atoms with E-state index in [1.807, 2.05) is 0 Å². The fourth-order valence-corrected chi connectivity index (χ4v) is 6.56. The number of unbranched alkanes of at least 4 members (excludes halogenated alkanes) is 26. The van der Waals surface area contributed by atoms with Gasteiger partial charge in [0, 0.05) is 12.8 Å². The van der Waals surface area contributed by atoms with Crippen molar-refractivity contribution >= 4 is 11.9 Å². The van der Waals surface area contributed by atoms with Gasteiger partial charge in [-0.15, -0.1) is 0 Å². The van der Waals surface area contributed by atoms with Crippen LogP contribution in [0.2, 0.25) is 0 Å². The molecule has 0 amide bonds. The maximum atomic E-state index is 12.2. The SMILES string of the molecule is CCCCC/C=C\C/C=C\C/C=C\CCCCCCCCC(=O)OC(CO)COC(=O)CCCCCCCCCCC/C=C\CCCCCCCCCC. The highest BCUT2D eigenvalue weighted by Gasteiger charge is 2.16. The zero-order valence-electron chi connectivity index (χ0n) is 35.7. The Balaban J connectivity index is 3.54. The molecule has 0 aliphatic carbocycles. The third-order valence-corrected chi connectivity index (χ3v) is 10.1. The minimum Gasteiger partial charge on any atom is -0.462 e. The van der Waals surface area contributed by atoms with E-state index >= 15 is 0 Å². The zero-order chi connectivity index (χ0) is 39.3. The number of rotatable bonds is 42. The molecule has 314 valence electrons. The van der Waals surface area contributed by atoms with Gasteiger partial charge in [0.25, 0.3) is 0 Å². The number of hydrogen-bond acceptors (Lipinski definition) is 5. The van der Waals surface area contributed by atoms with Crippen LogP contribution in [0.15, 0.2) is 48.6 Å². The Hall–Kier alpha value is -2.14. The molecule has 0 saturated heterocycles. The monoisotopic (exact) mass is 757 g/mol. The average Bonchev–Trinajstić information content (AvgIpc) is 3.17. The topological polar surface area (TPSA) is 72.8 Å². The molecule has 5 heteroatoms. The standard InChI is InChI=1S/C49H88O5/c1-3-5-7-9-11-13-15-17-19-21-23-24-26-27-29-31-33-35-37-39-41-43-48(51)53-46-47(45-50)54-49(52)44-42-40-38-36-34-32-30-28-25-22-20-18-16-14-12-10-8-6-4-2/h12,14,18,20-21,23,25,28,47,50H,3-11,13,15-17,19,22,24,26-27,29-46H2,1-2H3/b14-12-,20-18-,23-21-,28-25-. The molecule has 0 heterocycles. The van der Waals surface area contributed by atoms with Crippen LogP contribution in [0.4, 0.5) is 0 Å². The highest BCUT2D eigenvalue weighted by atomic mass is 16.6. The van der Waals surface area contributed by atoms with Crippen LogP contribution in [0.3, 0.4) is 0 Å². The van der Waals surface area contributed by atoms with E-state index in [1.165, 1.54) is 148 Å². The van der Waals surface area contributed by atoms with Gasteiger partial charge >= 0.3 is 11.9 Å². The van der Waals surface area contributed by atoms with Crippen molar-refractivity contribution in [3.8, 4) is 0 Å². The van der Waals surface area contributed by atoms with Gasteiger partial charge in [-0.25, -0.2) is 0 Å². The van der Waals surface area contributed by atoms with Gasteiger partial charge in [0.15, 0.2) is 6.10 Å². The van der Waals surface area contributed by atoms with E-state index in [0.29, 0.717) is 12.8 Å². The molecule has 0 saturated carbocycles. The molecule has 0 aromatic heterocycles. The number of aliphatic hydroxyl groups is 1. The highest BCUT2D eigenvalue weighted by Crippen LogP contribution is 2.14. The number of carbonyl (C=O) groups is 2. The summed E-state index contributed by atoms with van der Waals surface area (Å²) in [6, 6.07) is 0. The summed E-state index contributed by atoms with van der Waals surface area (Å²) in [6.45, 7) is 4.11. The first-order valence-corrected chi connectivity index (χ1v) is 23.2. The number of carbonyl (C=O) groups excluding carboxylic acids is 2. The van der Waals surface area contributed by atoms with Crippen LogP contribution in [0.1, 0.15) is 232 Å². The molecule has 0 radical (unpaired) electrons. The molecule has 0 aliphatic heterocycles. The summed E-state index contributed by atoms with van der Waals surface area (Å²) in [5, 5.41) is 9.60. The second kappa shape index (κ2) is 45.3. The quantitative estimate of drug-likeness (QED) is 0.0381. The average molecular weight is 757 g/mol. The lowest BCUT2D eigenvalue weighted by molar-refractivity contribution is -0.161. The maximum Gasteiger partial charge on any atom is 0.306 e. The van der Waals surface area contributed by atoms with Crippen molar-refractivity contribution in [2.75, 3.05) is 13.2 Å². The van der Waals surface area contributed by atoms with Crippen LogP contribution >= 0.6 is 0 Å². The largest absolute Gasteiger partial charge is 0.462 e. The first-order valence-electron chi connectivity index (χ1n) is 23.2. The van der Waals surface area contributed by atoms with E-state index in [0.717, 1.165) is 57.8 Å². The molecule has 0 aromatic carbocycles. The molecule has 5 nitrogen and oxygen atoms in total. The van der Waals surface area contributed by atoms with E-state index in [2.05, 4.69) is 62.5 Å². The first kappa shape index (κ1) is 51.9. The van der Waals surface area contributed by atoms with Gasteiger partial charge < -0.3 is 14.6 Å². The Kier molecular flexibility index (Phi) is 43.5. The van der Waals surface area contributed by atoms with Crippen molar-refractivity contribution in [1.82, 2.24) is 0 Å². The predicted molar refractivity (Wildman–Crippen MR) is 233 cm³/mol. The lowest BCUT2D eigenvalue weighted by atomic mass is 10.1. The third-order valence-electron chi connectivity index (χ3n) is 10.1. The van der Waals surface area contributed by atoms with Crippen LogP contribution in [-0.2, 0) is 19.1 Å². The molecule has 0 aromatic rings. The number of allylic oxidation sites excluding steroid dienone is 8. The lowest BCUT2D eigenvalue weighted by Gasteiger charge is -2.15. The second-order valence-corrected chi connectivity index (χ2v) is 15.5. The van der Waals surface area contributed by atoms with E-state index in [4.69, 9.17) is 9.47 Å². The lowest BCUT2D eigenvalue weighted by Crippen LogP contribution is -2.28. The molecular formula is C49H88O5. The number of aliphatic hydroxyl groups excluding tert-OH is 1. The number of hydrogen-bond donors (Lipinski definition) is 1. The Morgan fingerprint density at radius 3 is 1.17 bits per heavy atom. The molecular weight excluding hydrogens is 669 g/mol. The Morgan fingerprint density at radius 2 is 0.741 bits per heavy atom. The van der Waals surface area contributed by atoms with Crippen LogP contribution in [0.5, 0.6) is 0 Å². The van der Waals surface area contributed by atoms with Crippen LogP contribution < -0.4 is 0 Å². The number of ether oxygens (including phenoxy) is 2. The van der Waals surface area contributed by atoms with Gasteiger partial charge in [-0.2, -0.15) is 0 Å².